The smallest absolute Gasteiger partial charge is 0.256 e. The quantitative estimate of drug-likeness (QED) is 0.626. The molecule has 3 N–H and O–H groups in total. The molecule has 0 atom stereocenters. The first-order valence-electron chi connectivity index (χ1n) is 5.29. The van der Waals surface area contributed by atoms with Gasteiger partial charge in [0.2, 0.25) is 0 Å². The third-order valence-corrected chi connectivity index (χ3v) is 3.33. The first kappa shape index (κ1) is 13.7. The number of benzene rings is 2. The molecule has 0 heterocycles. The lowest BCUT2D eigenvalue weighted by atomic mass is 10.2. The van der Waals surface area contributed by atoms with Crippen molar-refractivity contribution in [3.8, 4) is 0 Å². The zero-order valence-corrected chi connectivity index (χ0v) is 11.7. The van der Waals surface area contributed by atoms with Gasteiger partial charge in [-0.2, -0.15) is 0 Å². The Hall–Kier alpha value is -1.70. The molecule has 0 saturated heterocycles. The average Bonchev–Trinajstić information content (AvgIpc) is 2.32. The second-order valence-corrected chi connectivity index (χ2v) is 4.97. The second kappa shape index (κ2) is 5.52. The van der Waals surface area contributed by atoms with E-state index in [4.69, 9.17) is 5.73 Å². The van der Waals surface area contributed by atoms with E-state index in [1.165, 1.54) is 30.3 Å². The highest BCUT2D eigenvalue weighted by molar-refractivity contribution is 14.1. The molecule has 0 fully saturated rings. The molecule has 2 aromatic carbocycles. The molecule has 0 aliphatic carbocycles. The van der Waals surface area contributed by atoms with Crippen molar-refractivity contribution in [1.29, 1.82) is 0 Å². The van der Waals surface area contributed by atoms with Crippen molar-refractivity contribution in [2.24, 2.45) is 0 Å². The highest BCUT2D eigenvalue weighted by Gasteiger charge is 2.12. The summed E-state index contributed by atoms with van der Waals surface area (Å²) in [4.78, 5) is 12.0. The number of nitrogens with two attached hydrogens (primary N) is 1. The maximum Gasteiger partial charge on any atom is 0.256 e. The van der Waals surface area contributed by atoms with E-state index in [0.29, 0.717) is 14.8 Å². The van der Waals surface area contributed by atoms with Crippen LogP contribution in [0.4, 0.5) is 20.2 Å². The second-order valence-electron chi connectivity index (χ2n) is 3.81. The Morgan fingerprint density at radius 2 is 1.74 bits per heavy atom. The summed E-state index contributed by atoms with van der Waals surface area (Å²) in [5.74, 6) is -1.32. The molecule has 0 spiro atoms. The fourth-order valence-electron chi connectivity index (χ4n) is 1.51. The third-order valence-electron chi connectivity index (χ3n) is 2.44. The highest BCUT2D eigenvalue weighted by atomic mass is 127. The van der Waals surface area contributed by atoms with E-state index >= 15 is 0 Å². The SMILES string of the molecule is Nc1cc(F)ccc1NC(=O)c1ccc(F)cc1I. The average molecular weight is 374 g/mol. The number of rotatable bonds is 2. The predicted molar refractivity (Wildman–Crippen MR) is 77.9 cm³/mol. The maximum atomic E-state index is 12.9. The molecular weight excluding hydrogens is 365 g/mol. The van der Waals surface area contributed by atoms with Crippen molar-refractivity contribution < 1.29 is 13.6 Å². The number of halogens is 3. The molecule has 2 aromatic rings. The van der Waals surface area contributed by atoms with Crippen molar-refractivity contribution in [3.63, 3.8) is 0 Å². The minimum atomic E-state index is -0.480. The normalized spacial score (nSPS) is 10.3. The molecule has 0 bridgehead atoms. The van der Waals surface area contributed by atoms with Gasteiger partial charge in [-0.15, -0.1) is 0 Å². The van der Waals surface area contributed by atoms with Crippen molar-refractivity contribution in [3.05, 3.63) is 57.2 Å². The number of carbonyl (C=O) groups excluding carboxylic acids is 1. The van der Waals surface area contributed by atoms with Gasteiger partial charge in [-0.05, 0) is 59.0 Å². The Kier molecular flexibility index (Phi) is 3.98. The van der Waals surface area contributed by atoms with E-state index in [9.17, 15) is 13.6 Å². The first-order chi connectivity index (χ1) is 8.97. The van der Waals surface area contributed by atoms with Crippen molar-refractivity contribution in [2.45, 2.75) is 0 Å². The summed E-state index contributed by atoms with van der Waals surface area (Å²) in [5, 5.41) is 2.56. The summed E-state index contributed by atoms with van der Waals surface area (Å²) in [6.07, 6.45) is 0. The van der Waals surface area contributed by atoms with E-state index in [0.717, 1.165) is 6.07 Å². The molecule has 2 rings (SSSR count). The summed E-state index contributed by atoms with van der Waals surface area (Å²) in [5.41, 5.74) is 6.36. The number of hydrogen-bond donors (Lipinski definition) is 2. The Bertz CT molecular complexity index is 647. The summed E-state index contributed by atoms with van der Waals surface area (Å²) in [7, 11) is 0. The molecule has 0 aliphatic heterocycles. The van der Waals surface area contributed by atoms with E-state index in [1.54, 1.807) is 0 Å². The van der Waals surface area contributed by atoms with Gasteiger partial charge in [-0.1, -0.05) is 0 Å². The number of carbonyl (C=O) groups is 1. The zero-order chi connectivity index (χ0) is 14.0. The van der Waals surface area contributed by atoms with Gasteiger partial charge in [-0.25, -0.2) is 8.78 Å². The van der Waals surface area contributed by atoms with Crippen LogP contribution in [0.15, 0.2) is 36.4 Å². The van der Waals surface area contributed by atoms with Crippen LogP contribution in [0.3, 0.4) is 0 Å². The summed E-state index contributed by atoms with van der Waals surface area (Å²) < 4.78 is 26.3. The summed E-state index contributed by atoms with van der Waals surface area (Å²) in [6, 6.07) is 7.52. The monoisotopic (exact) mass is 374 g/mol. The van der Waals surface area contributed by atoms with Gasteiger partial charge in [0.25, 0.3) is 5.91 Å². The molecule has 0 unspecified atom stereocenters. The maximum absolute atomic E-state index is 12.9. The number of nitrogens with one attached hydrogen (secondary N) is 1. The van der Waals surface area contributed by atoms with Crippen LogP contribution in [0.2, 0.25) is 0 Å². The lowest BCUT2D eigenvalue weighted by Gasteiger charge is -2.09. The van der Waals surface area contributed by atoms with Gasteiger partial charge >= 0.3 is 0 Å². The van der Waals surface area contributed by atoms with E-state index in [1.807, 2.05) is 22.6 Å². The minimum Gasteiger partial charge on any atom is -0.397 e. The van der Waals surface area contributed by atoms with E-state index in [2.05, 4.69) is 5.32 Å². The van der Waals surface area contributed by atoms with Crippen LogP contribution in [0.5, 0.6) is 0 Å². The van der Waals surface area contributed by atoms with Crippen LogP contribution in [0.25, 0.3) is 0 Å². The Labute approximate surface area is 121 Å². The molecule has 0 saturated carbocycles. The molecule has 0 radical (unpaired) electrons. The standard InChI is InChI=1S/C13H9F2IN2O/c14-7-1-3-9(10(16)5-7)13(19)18-12-4-2-8(15)6-11(12)17/h1-6H,17H2,(H,18,19). The molecule has 19 heavy (non-hydrogen) atoms. The van der Waals surface area contributed by atoms with Crippen molar-refractivity contribution in [2.75, 3.05) is 11.1 Å². The molecule has 6 heteroatoms. The van der Waals surface area contributed by atoms with Crippen molar-refractivity contribution >= 4 is 39.9 Å². The zero-order valence-electron chi connectivity index (χ0n) is 9.58. The van der Waals surface area contributed by atoms with Crippen LogP contribution in [-0.2, 0) is 0 Å². The lowest BCUT2D eigenvalue weighted by Crippen LogP contribution is -2.14. The number of anilines is 2. The van der Waals surface area contributed by atoms with Crippen LogP contribution in [0, 0.1) is 15.2 Å². The summed E-state index contributed by atoms with van der Waals surface area (Å²) in [6.45, 7) is 0. The van der Waals surface area contributed by atoms with Gasteiger partial charge < -0.3 is 11.1 Å². The highest BCUT2D eigenvalue weighted by Crippen LogP contribution is 2.21. The molecule has 1 amide bonds. The molecule has 3 nitrogen and oxygen atoms in total. The lowest BCUT2D eigenvalue weighted by molar-refractivity contribution is 0.102. The third kappa shape index (κ3) is 3.19. The molecular formula is C13H9F2IN2O. The fourth-order valence-corrected chi connectivity index (χ4v) is 2.23. The summed E-state index contributed by atoms with van der Waals surface area (Å²) >= 11 is 1.87. The topological polar surface area (TPSA) is 55.1 Å². The predicted octanol–water partition coefficient (Wildman–Crippen LogP) is 3.40. The van der Waals surface area contributed by atoms with Gasteiger partial charge in [0.15, 0.2) is 0 Å². The van der Waals surface area contributed by atoms with E-state index < -0.39 is 17.5 Å². The molecule has 0 aromatic heterocycles. The molecule has 0 aliphatic rings. The Balaban J connectivity index is 2.25. The van der Waals surface area contributed by atoms with Gasteiger partial charge in [0, 0.05) is 3.57 Å². The fraction of sp³-hybridized carbons (Fsp3) is 0. The van der Waals surface area contributed by atoms with Gasteiger partial charge in [0.05, 0.1) is 16.9 Å². The Morgan fingerprint density at radius 1 is 1.11 bits per heavy atom. The van der Waals surface area contributed by atoms with Gasteiger partial charge in [0.1, 0.15) is 11.6 Å². The molecule has 98 valence electrons. The van der Waals surface area contributed by atoms with Gasteiger partial charge in [-0.3, -0.25) is 4.79 Å². The van der Waals surface area contributed by atoms with Crippen LogP contribution in [0.1, 0.15) is 10.4 Å². The largest absolute Gasteiger partial charge is 0.397 e. The number of hydrogen-bond acceptors (Lipinski definition) is 2. The van der Waals surface area contributed by atoms with Crippen LogP contribution >= 0.6 is 22.6 Å². The Morgan fingerprint density at radius 3 is 2.37 bits per heavy atom. The van der Waals surface area contributed by atoms with Crippen molar-refractivity contribution in [1.82, 2.24) is 0 Å². The van der Waals surface area contributed by atoms with E-state index in [-0.39, 0.29) is 5.69 Å². The minimum absolute atomic E-state index is 0.130. The number of amides is 1. The number of nitrogen functional groups attached to an aromatic ring is 1. The first-order valence-corrected chi connectivity index (χ1v) is 6.36. The van der Waals surface area contributed by atoms with Crippen LogP contribution in [-0.4, -0.2) is 5.91 Å². The van der Waals surface area contributed by atoms with Crippen LogP contribution < -0.4 is 11.1 Å².